The number of aromatic nitrogens is 3. The van der Waals surface area contributed by atoms with Crippen molar-refractivity contribution in [3.05, 3.63) is 35.8 Å². The zero-order valence-corrected chi connectivity index (χ0v) is 9.73. The number of anilines is 2. The lowest BCUT2D eigenvalue weighted by Gasteiger charge is -2.09. The zero-order chi connectivity index (χ0) is 14.0. The molecule has 98 valence electrons. The molecule has 2 aromatic heterocycles. The highest BCUT2D eigenvalue weighted by Crippen LogP contribution is 2.30. The second-order valence-electron chi connectivity index (χ2n) is 3.73. The molecule has 0 aliphatic heterocycles. The number of nitrogens with zero attached hydrogens (tertiary/aromatic N) is 4. The average molecular weight is 267 g/mol. The molecule has 0 saturated heterocycles. The molecule has 2 rings (SSSR count). The standard InChI is InChI=1S/C11H8F3N5/c1-19-6-8(5-16-19)17-10-7(4-15)2-3-9(18-10)11(12,13)14/h2-3,5-6H,1H3,(H,17,18). The fourth-order valence-corrected chi connectivity index (χ4v) is 1.43. The summed E-state index contributed by atoms with van der Waals surface area (Å²) in [5.74, 6) is -0.148. The molecule has 0 saturated carbocycles. The quantitative estimate of drug-likeness (QED) is 0.907. The fraction of sp³-hybridized carbons (Fsp3) is 0.182. The van der Waals surface area contributed by atoms with Gasteiger partial charge in [0, 0.05) is 13.2 Å². The number of pyridine rings is 1. The number of rotatable bonds is 2. The van der Waals surface area contributed by atoms with E-state index >= 15 is 0 Å². The molecule has 5 nitrogen and oxygen atoms in total. The molecule has 0 atom stereocenters. The van der Waals surface area contributed by atoms with Gasteiger partial charge in [-0.05, 0) is 12.1 Å². The second kappa shape index (κ2) is 4.61. The molecule has 19 heavy (non-hydrogen) atoms. The third-order valence-corrected chi connectivity index (χ3v) is 2.27. The van der Waals surface area contributed by atoms with Crippen LogP contribution >= 0.6 is 0 Å². The van der Waals surface area contributed by atoms with Crippen molar-refractivity contribution in [3.8, 4) is 6.07 Å². The van der Waals surface area contributed by atoms with Crippen molar-refractivity contribution >= 4 is 11.5 Å². The van der Waals surface area contributed by atoms with Crippen LogP contribution in [0.2, 0.25) is 0 Å². The summed E-state index contributed by atoms with van der Waals surface area (Å²) in [5, 5.41) is 15.4. The SMILES string of the molecule is Cn1cc(Nc2nc(C(F)(F)F)ccc2C#N)cn1. The Balaban J connectivity index is 2.40. The van der Waals surface area contributed by atoms with E-state index in [0.717, 1.165) is 12.1 Å². The first-order valence-corrected chi connectivity index (χ1v) is 5.14. The van der Waals surface area contributed by atoms with Crippen LogP contribution in [0.15, 0.2) is 24.5 Å². The van der Waals surface area contributed by atoms with Gasteiger partial charge < -0.3 is 5.32 Å². The highest BCUT2D eigenvalue weighted by atomic mass is 19.4. The van der Waals surface area contributed by atoms with Crippen LogP contribution in [0, 0.1) is 11.3 Å². The Kier molecular flexibility index (Phi) is 3.12. The Morgan fingerprint density at radius 1 is 1.37 bits per heavy atom. The monoisotopic (exact) mass is 267 g/mol. The number of halogens is 3. The molecular formula is C11H8F3N5. The highest BCUT2D eigenvalue weighted by molar-refractivity contribution is 5.61. The molecule has 2 heterocycles. The maximum atomic E-state index is 12.6. The molecule has 0 radical (unpaired) electrons. The largest absolute Gasteiger partial charge is 0.433 e. The van der Waals surface area contributed by atoms with Gasteiger partial charge in [-0.1, -0.05) is 0 Å². The minimum atomic E-state index is -4.56. The van der Waals surface area contributed by atoms with Gasteiger partial charge in [-0.15, -0.1) is 0 Å². The van der Waals surface area contributed by atoms with Gasteiger partial charge in [-0.2, -0.15) is 23.5 Å². The van der Waals surface area contributed by atoms with E-state index in [1.165, 1.54) is 10.9 Å². The molecule has 0 aliphatic carbocycles. The number of aryl methyl sites for hydroxylation is 1. The van der Waals surface area contributed by atoms with Gasteiger partial charge in [0.25, 0.3) is 0 Å². The lowest BCUT2D eigenvalue weighted by molar-refractivity contribution is -0.141. The van der Waals surface area contributed by atoms with Gasteiger partial charge in [0.2, 0.25) is 0 Å². The van der Waals surface area contributed by atoms with Crippen LogP contribution < -0.4 is 5.32 Å². The van der Waals surface area contributed by atoms with Crippen molar-refractivity contribution in [2.24, 2.45) is 7.05 Å². The Labute approximate surface area is 106 Å². The third kappa shape index (κ3) is 2.82. The Morgan fingerprint density at radius 2 is 2.11 bits per heavy atom. The summed E-state index contributed by atoms with van der Waals surface area (Å²) in [4.78, 5) is 3.42. The summed E-state index contributed by atoms with van der Waals surface area (Å²) < 4.78 is 39.1. The first-order chi connectivity index (χ1) is 8.90. The topological polar surface area (TPSA) is 66.5 Å². The van der Waals surface area contributed by atoms with Gasteiger partial charge in [0.15, 0.2) is 0 Å². The van der Waals surface area contributed by atoms with E-state index in [-0.39, 0.29) is 11.4 Å². The van der Waals surface area contributed by atoms with Crippen molar-refractivity contribution in [1.82, 2.24) is 14.8 Å². The molecular weight excluding hydrogens is 259 g/mol. The Morgan fingerprint density at radius 3 is 2.63 bits per heavy atom. The van der Waals surface area contributed by atoms with E-state index in [1.807, 2.05) is 0 Å². The molecule has 2 aromatic rings. The van der Waals surface area contributed by atoms with Crippen LogP contribution in [0.1, 0.15) is 11.3 Å². The lowest BCUT2D eigenvalue weighted by Crippen LogP contribution is -2.10. The van der Waals surface area contributed by atoms with Crippen molar-refractivity contribution < 1.29 is 13.2 Å². The first kappa shape index (κ1) is 12.9. The first-order valence-electron chi connectivity index (χ1n) is 5.14. The molecule has 0 spiro atoms. The lowest BCUT2D eigenvalue weighted by atomic mass is 10.2. The molecule has 0 fully saturated rings. The summed E-state index contributed by atoms with van der Waals surface area (Å²) in [6, 6.07) is 3.63. The molecule has 0 amide bonds. The Hall–Kier alpha value is -2.56. The maximum Gasteiger partial charge on any atom is 0.433 e. The van der Waals surface area contributed by atoms with E-state index in [4.69, 9.17) is 5.26 Å². The number of hydrogen-bond acceptors (Lipinski definition) is 4. The summed E-state index contributed by atoms with van der Waals surface area (Å²) in [7, 11) is 1.66. The van der Waals surface area contributed by atoms with Gasteiger partial charge in [-0.3, -0.25) is 4.68 Å². The van der Waals surface area contributed by atoms with Crippen LogP contribution in [0.3, 0.4) is 0 Å². The van der Waals surface area contributed by atoms with E-state index < -0.39 is 11.9 Å². The summed E-state index contributed by atoms with van der Waals surface area (Å²) in [6.07, 6.45) is -1.58. The van der Waals surface area contributed by atoms with E-state index in [1.54, 1.807) is 19.3 Å². The van der Waals surface area contributed by atoms with Crippen LogP contribution in [0.5, 0.6) is 0 Å². The number of nitriles is 1. The molecule has 1 N–H and O–H groups in total. The Bertz CT molecular complexity index is 639. The molecule has 0 aliphatic rings. The van der Waals surface area contributed by atoms with Crippen LogP contribution in [0.4, 0.5) is 24.7 Å². The molecule has 8 heteroatoms. The predicted octanol–water partition coefficient (Wildman–Crippen LogP) is 2.45. The average Bonchev–Trinajstić information content (AvgIpc) is 2.73. The number of hydrogen-bond donors (Lipinski definition) is 1. The van der Waals surface area contributed by atoms with Crippen molar-refractivity contribution in [2.45, 2.75) is 6.18 Å². The maximum absolute atomic E-state index is 12.6. The number of alkyl halides is 3. The minimum absolute atomic E-state index is 0.0249. The van der Waals surface area contributed by atoms with Crippen molar-refractivity contribution in [3.63, 3.8) is 0 Å². The number of nitrogens with one attached hydrogen (secondary N) is 1. The summed E-state index contributed by atoms with van der Waals surface area (Å²) in [5.41, 5.74) is -0.583. The van der Waals surface area contributed by atoms with Crippen LogP contribution in [-0.4, -0.2) is 14.8 Å². The van der Waals surface area contributed by atoms with Crippen LogP contribution in [0.25, 0.3) is 0 Å². The normalized spacial score (nSPS) is 11.1. The van der Waals surface area contributed by atoms with Gasteiger partial charge in [0.05, 0.1) is 17.4 Å². The molecule has 0 unspecified atom stereocenters. The van der Waals surface area contributed by atoms with Crippen molar-refractivity contribution in [2.75, 3.05) is 5.32 Å². The highest BCUT2D eigenvalue weighted by Gasteiger charge is 2.33. The molecule has 0 aromatic carbocycles. The zero-order valence-electron chi connectivity index (χ0n) is 9.73. The minimum Gasteiger partial charge on any atom is -0.337 e. The van der Waals surface area contributed by atoms with Gasteiger partial charge in [0.1, 0.15) is 17.6 Å². The van der Waals surface area contributed by atoms with E-state index in [2.05, 4.69) is 15.4 Å². The molecule has 0 bridgehead atoms. The van der Waals surface area contributed by atoms with E-state index in [0.29, 0.717) is 5.69 Å². The van der Waals surface area contributed by atoms with Crippen molar-refractivity contribution in [1.29, 1.82) is 5.26 Å². The van der Waals surface area contributed by atoms with Gasteiger partial charge in [-0.25, -0.2) is 4.98 Å². The summed E-state index contributed by atoms with van der Waals surface area (Å²) >= 11 is 0. The fourth-order valence-electron chi connectivity index (χ4n) is 1.43. The predicted molar refractivity (Wildman–Crippen MR) is 60.4 cm³/mol. The summed E-state index contributed by atoms with van der Waals surface area (Å²) in [6.45, 7) is 0. The second-order valence-corrected chi connectivity index (χ2v) is 3.73. The van der Waals surface area contributed by atoms with Gasteiger partial charge >= 0.3 is 6.18 Å². The van der Waals surface area contributed by atoms with Crippen LogP contribution in [-0.2, 0) is 13.2 Å². The smallest absolute Gasteiger partial charge is 0.337 e. The van der Waals surface area contributed by atoms with E-state index in [9.17, 15) is 13.2 Å². The third-order valence-electron chi connectivity index (χ3n) is 2.27.